The molecule has 1 aliphatic heterocycles. The third kappa shape index (κ3) is 5.13. The molecule has 172 valence electrons. The van der Waals surface area contributed by atoms with Gasteiger partial charge in [-0.05, 0) is 48.3 Å². The first-order valence-corrected chi connectivity index (χ1v) is 13.1. The molecule has 1 saturated heterocycles. The number of halogens is 1. The van der Waals surface area contributed by atoms with Crippen molar-refractivity contribution in [2.45, 2.75) is 52.0 Å². The molecule has 0 spiro atoms. The Morgan fingerprint density at radius 1 is 1.31 bits per heavy atom. The maximum absolute atomic E-state index is 13.1. The molecule has 2 heterocycles. The zero-order valence-corrected chi connectivity index (χ0v) is 21.2. The topological polar surface area (TPSA) is 32.3 Å². The number of amides is 1. The highest BCUT2D eigenvalue weighted by Gasteiger charge is 2.38. The Balaban J connectivity index is 1.41. The van der Waals surface area contributed by atoms with Crippen LogP contribution in [-0.4, -0.2) is 41.9 Å². The third-order valence-electron chi connectivity index (χ3n) is 7.09. The van der Waals surface area contributed by atoms with E-state index >= 15 is 0 Å². The Morgan fingerprint density at radius 2 is 2.09 bits per heavy atom. The molecule has 1 N–H and O–H groups in total. The van der Waals surface area contributed by atoms with Crippen LogP contribution in [0.3, 0.4) is 0 Å². The van der Waals surface area contributed by atoms with Crippen LogP contribution in [0.2, 0.25) is 0 Å². The molecule has 2 aliphatic rings. The lowest BCUT2D eigenvalue weighted by Gasteiger charge is -2.46. The molecule has 3 nitrogen and oxygen atoms in total. The van der Waals surface area contributed by atoms with E-state index in [-0.39, 0.29) is 22.7 Å². The Morgan fingerprint density at radius 3 is 2.78 bits per heavy atom. The maximum atomic E-state index is 13.1. The van der Waals surface area contributed by atoms with Crippen LogP contribution >= 0.6 is 22.9 Å². The molecule has 5 heteroatoms. The number of hydrogen-bond donors (Lipinski definition) is 1. The second-order valence-corrected chi connectivity index (χ2v) is 11.8. The van der Waals surface area contributed by atoms with Gasteiger partial charge in [0.05, 0.1) is 10.9 Å². The summed E-state index contributed by atoms with van der Waals surface area (Å²) in [6, 6.07) is 8.27. The van der Waals surface area contributed by atoms with Crippen molar-refractivity contribution in [3.8, 4) is 0 Å². The van der Waals surface area contributed by atoms with E-state index in [1.54, 1.807) is 11.3 Å². The summed E-state index contributed by atoms with van der Waals surface area (Å²) < 4.78 is 1.16. The third-order valence-corrected chi connectivity index (χ3v) is 8.38. The number of nitrogens with zero attached hydrogens (tertiary/aromatic N) is 1. The van der Waals surface area contributed by atoms with Crippen LogP contribution in [0.1, 0.15) is 50.9 Å². The molecule has 1 amide bonds. The molecule has 2 aromatic rings. The standard InChI is InChI=1S/C27H35ClN2OS/c1-18(2)24(29-26(31)22-16-32-25-8-6-5-7-21(22)25)15-30-14-13-23(27(3,4)17-30)19-9-11-20(28)12-10-19/h5-11,16,18,20,23-24H,12-15,17H2,1-4H3,(H,29,31)/t20?,23-,24+/m1/s1. The number of likely N-dealkylation sites (tertiary alicyclic amines) is 1. The summed E-state index contributed by atoms with van der Waals surface area (Å²) in [5.74, 6) is 0.973. The number of carbonyl (C=O) groups excluding carboxylic acids is 1. The summed E-state index contributed by atoms with van der Waals surface area (Å²) in [7, 11) is 0. The summed E-state index contributed by atoms with van der Waals surface area (Å²) in [6.07, 6.45) is 8.79. The Labute approximate surface area is 201 Å². The number of carbonyl (C=O) groups is 1. The largest absolute Gasteiger partial charge is 0.348 e. The number of thiophene rings is 1. The second-order valence-electron chi connectivity index (χ2n) is 10.3. The van der Waals surface area contributed by atoms with E-state index in [0.717, 1.165) is 48.1 Å². The number of allylic oxidation sites excluding steroid dienone is 4. The molecule has 1 fully saturated rings. The van der Waals surface area contributed by atoms with Gasteiger partial charge in [0, 0.05) is 34.6 Å². The lowest BCUT2D eigenvalue weighted by Crippen LogP contribution is -2.52. The van der Waals surface area contributed by atoms with Crippen LogP contribution in [0, 0.1) is 17.3 Å². The van der Waals surface area contributed by atoms with E-state index in [4.69, 9.17) is 11.6 Å². The zero-order chi connectivity index (χ0) is 22.9. The first-order valence-electron chi connectivity index (χ1n) is 11.8. The number of rotatable bonds is 6. The van der Waals surface area contributed by atoms with Gasteiger partial charge in [0.2, 0.25) is 0 Å². The molecule has 0 saturated carbocycles. The molecule has 4 rings (SSSR count). The Hall–Kier alpha value is -1.62. The molecular formula is C27H35ClN2OS. The van der Waals surface area contributed by atoms with Crippen molar-refractivity contribution in [1.82, 2.24) is 10.2 Å². The van der Waals surface area contributed by atoms with Gasteiger partial charge >= 0.3 is 0 Å². The Bertz CT molecular complexity index is 1020. The summed E-state index contributed by atoms with van der Waals surface area (Å²) in [4.78, 5) is 15.7. The van der Waals surface area contributed by atoms with Crippen LogP contribution in [-0.2, 0) is 0 Å². The summed E-state index contributed by atoms with van der Waals surface area (Å²) in [5, 5.41) is 6.53. The van der Waals surface area contributed by atoms with E-state index in [2.05, 4.69) is 62.2 Å². The van der Waals surface area contributed by atoms with Crippen molar-refractivity contribution in [2.24, 2.45) is 17.3 Å². The fourth-order valence-corrected chi connectivity index (χ4v) is 6.31. The van der Waals surface area contributed by atoms with Gasteiger partial charge in [0.25, 0.3) is 5.91 Å². The van der Waals surface area contributed by atoms with E-state index in [9.17, 15) is 4.79 Å². The van der Waals surface area contributed by atoms with Gasteiger partial charge in [-0.1, -0.05) is 64.1 Å². The lowest BCUT2D eigenvalue weighted by atomic mass is 9.69. The quantitative estimate of drug-likeness (QED) is 0.489. The molecule has 1 aromatic heterocycles. The van der Waals surface area contributed by atoms with E-state index in [1.165, 1.54) is 5.57 Å². The van der Waals surface area contributed by atoms with Crippen molar-refractivity contribution in [3.63, 3.8) is 0 Å². The molecule has 0 radical (unpaired) electrons. The van der Waals surface area contributed by atoms with Gasteiger partial charge in [0.15, 0.2) is 0 Å². The van der Waals surface area contributed by atoms with E-state index in [1.807, 2.05) is 23.6 Å². The predicted octanol–water partition coefficient (Wildman–Crippen LogP) is 6.50. The summed E-state index contributed by atoms with van der Waals surface area (Å²) >= 11 is 7.88. The number of hydrogen-bond acceptors (Lipinski definition) is 3. The van der Waals surface area contributed by atoms with Crippen LogP contribution in [0.4, 0.5) is 0 Å². The first kappa shape index (κ1) is 23.5. The summed E-state index contributed by atoms with van der Waals surface area (Å²) in [6.45, 7) is 12.2. The number of fused-ring (bicyclic) bond motifs is 1. The fourth-order valence-electron chi connectivity index (χ4n) is 5.21. The highest BCUT2D eigenvalue weighted by Crippen LogP contribution is 2.41. The minimum Gasteiger partial charge on any atom is -0.348 e. The van der Waals surface area contributed by atoms with Gasteiger partial charge in [0.1, 0.15) is 0 Å². The monoisotopic (exact) mass is 470 g/mol. The average molecular weight is 471 g/mol. The minimum atomic E-state index is 0.0448. The molecule has 1 unspecified atom stereocenters. The van der Waals surface area contributed by atoms with E-state index < -0.39 is 0 Å². The molecule has 0 bridgehead atoms. The maximum Gasteiger partial charge on any atom is 0.253 e. The van der Waals surface area contributed by atoms with Crippen molar-refractivity contribution < 1.29 is 4.79 Å². The highest BCUT2D eigenvalue weighted by atomic mass is 35.5. The van der Waals surface area contributed by atoms with Crippen LogP contribution < -0.4 is 5.32 Å². The molecule has 32 heavy (non-hydrogen) atoms. The fraction of sp³-hybridized carbons (Fsp3) is 0.519. The van der Waals surface area contributed by atoms with Crippen molar-refractivity contribution in [2.75, 3.05) is 19.6 Å². The van der Waals surface area contributed by atoms with Crippen LogP contribution in [0.5, 0.6) is 0 Å². The molecule has 1 aliphatic carbocycles. The predicted molar refractivity (Wildman–Crippen MR) is 138 cm³/mol. The van der Waals surface area contributed by atoms with E-state index in [0.29, 0.717) is 11.8 Å². The smallest absolute Gasteiger partial charge is 0.253 e. The minimum absolute atomic E-state index is 0.0448. The zero-order valence-electron chi connectivity index (χ0n) is 19.6. The van der Waals surface area contributed by atoms with Crippen LogP contribution in [0.15, 0.2) is 53.4 Å². The highest BCUT2D eigenvalue weighted by molar-refractivity contribution is 7.17. The number of nitrogens with one attached hydrogen (secondary N) is 1. The SMILES string of the molecule is CC(C)[C@H](CN1CC[C@H](C2=CCC(Cl)C=C2)C(C)(C)C1)NC(=O)c1csc2ccccc12. The number of benzene rings is 1. The number of piperidine rings is 1. The van der Waals surface area contributed by atoms with Crippen molar-refractivity contribution in [3.05, 3.63) is 59.0 Å². The second kappa shape index (κ2) is 9.70. The normalized spacial score (nSPS) is 24.5. The molecular weight excluding hydrogens is 436 g/mol. The van der Waals surface area contributed by atoms with Gasteiger partial charge in [-0.3, -0.25) is 4.79 Å². The number of alkyl halides is 1. The first-order chi connectivity index (χ1) is 15.2. The van der Waals surface area contributed by atoms with Gasteiger partial charge in [-0.2, -0.15) is 0 Å². The van der Waals surface area contributed by atoms with Crippen molar-refractivity contribution >= 4 is 38.9 Å². The van der Waals surface area contributed by atoms with Gasteiger partial charge in [-0.15, -0.1) is 22.9 Å². The van der Waals surface area contributed by atoms with Crippen molar-refractivity contribution in [1.29, 1.82) is 0 Å². The molecule has 1 aromatic carbocycles. The van der Waals surface area contributed by atoms with Gasteiger partial charge < -0.3 is 10.2 Å². The molecule has 3 atom stereocenters. The average Bonchev–Trinajstić information content (AvgIpc) is 3.18. The summed E-state index contributed by atoms with van der Waals surface area (Å²) in [5.41, 5.74) is 2.43. The van der Waals surface area contributed by atoms with Crippen LogP contribution in [0.25, 0.3) is 10.1 Å². The Kier molecular flexibility index (Phi) is 7.14. The lowest BCUT2D eigenvalue weighted by molar-refractivity contribution is 0.0607. The van der Waals surface area contributed by atoms with Gasteiger partial charge in [-0.25, -0.2) is 0 Å².